The summed E-state index contributed by atoms with van der Waals surface area (Å²) in [6, 6.07) is 4.48. The van der Waals surface area contributed by atoms with Gasteiger partial charge in [0.15, 0.2) is 5.43 Å². The molecule has 94 valence electrons. The molecule has 0 amide bonds. The number of rotatable bonds is 2. The van der Waals surface area contributed by atoms with E-state index >= 15 is 0 Å². The SMILES string of the molecule is Cc1cc(=O)c(CO)cn1-c1ccc(F)cc1F. The Labute approximate surface area is 102 Å². The van der Waals surface area contributed by atoms with Crippen LogP contribution in [0.3, 0.4) is 0 Å². The average molecular weight is 251 g/mol. The van der Waals surface area contributed by atoms with Crippen LogP contribution in [0.15, 0.2) is 35.3 Å². The van der Waals surface area contributed by atoms with Gasteiger partial charge in [0.2, 0.25) is 0 Å². The molecule has 0 saturated carbocycles. The number of hydrogen-bond donors (Lipinski definition) is 1. The largest absolute Gasteiger partial charge is 0.391 e. The molecule has 18 heavy (non-hydrogen) atoms. The van der Waals surface area contributed by atoms with Crippen LogP contribution in [0.1, 0.15) is 11.3 Å². The van der Waals surface area contributed by atoms with Crippen LogP contribution in [-0.2, 0) is 6.61 Å². The maximum absolute atomic E-state index is 13.7. The third kappa shape index (κ3) is 2.17. The lowest BCUT2D eigenvalue weighted by Crippen LogP contribution is -2.14. The highest BCUT2D eigenvalue weighted by atomic mass is 19.1. The van der Waals surface area contributed by atoms with Gasteiger partial charge in [0.25, 0.3) is 0 Å². The highest BCUT2D eigenvalue weighted by molar-refractivity contribution is 5.37. The van der Waals surface area contributed by atoms with Crippen LogP contribution in [0.4, 0.5) is 8.78 Å². The van der Waals surface area contributed by atoms with E-state index in [4.69, 9.17) is 5.11 Å². The Morgan fingerprint density at radius 1 is 1.28 bits per heavy atom. The number of halogens is 2. The average Bonchev–Trinajstić information content (AvgIpc) is 2.30. The summed E-state index contributed by atoms with van der Waals surface area (Å²) in [7, 11) is 0. The van der Waals surface area contributed by atoms with Crippen LogP contribution in [-0.4, -0.2) is 9.67 Å². The molecule has 0 aliphatic heterocycles. The van der Waals surface area contributed by atoms with Gasteiger partial charge >= 0.3 is 0 Å². The summed E-state index contributed by atoms with van der Waals surface area (Å²) in [5, 5.41) is 9.03. The first-order valence-corrected chi connectivity index (χ1v) is 5.31. The quantitative estimate of drug-likeness (QED) is 0.886. The van der Waals surface area contributed by atoms with Gasteiger partial charge in [-0.15, -0.1) is 0 Å². The Kier molecular flexibility index (Phi) is 3.25. The van der Waals surface area contributed by atoms with Crippen molar-refractivity contribution < 1.29 is 13.9 Å². The van der Waals surface area contributed by atoms with Crippen molar-refractivity contribution in [1.29, 1.82) is 0 Å². The van der Waals surface area contributed by atoms with Crippen molar-refractivity contribution >= 4 is 0 Å². The molecule has 0 saturated heterocycles. The topological polar surface area (TPSA) is 42.2 Å². The second kappa shape index (κ2) is 4.70. The molecule has 0 bridgehead atoms. The fraction of sp³-hybridized carbons (Fsp3) is 0.154. The van der Waals surface area contributed by atoms with Gasteiger partial charge in [-0.2, -0.15) is 0 Å². The molecule has 3 nitrogen and oxygen atoms in total. The van der Waals surface area contributed by atoms with Gasteiger partial charge < -0.3 is 9.67 Å². The van der Waals surface area contributed by atoms with Crippen molar-refractivity contribution in [3.05, 3.63) is 63.6 Å². The van der Waals surface area contributed by atoms with Crippen LogP contribution in [0.25, 0.3) is 5.69 Å². The summed E-state index contributed by atoms with van der Waals surface area (Å²) in [5.41, 5.74) is 0.476. The number of aliphatic hydroxyl groups is 1. The minimum Gasteiger partial charge on any atom is -0.391 e. The molecular formula is C13H11F2NO2. The monoisotopic (exact) mass is 251 g/mol. The van der Waals surface area contributed by atoms with Gasteiger partial charge in [0, 0.05) is 29.6 Å². The van der Waals surface area contributed by atoms with E-state index in [2.05, 4.69) is 0 Å². The van der Waals surface area contributed by atoms with Gasteiger partial charge in [-0.3, -0.25) is 4.79 Å². The maximum atomic E-state index is 13.7. The van der Waals surface area contributed by atoms with Crippen LogP contribution in [0, 0.1) is 18.6 Å². The molecule has 1 aromatic carbocycles. The highest BCUT2D eigenvalue weighted by Gasteiger charge is 2.09. The summed E-state index contributed by atoms with van der Waals surface area (Å²) in [4.78, 5) is 11.5. The molecule has 0 unspecified atom stereocenters. The minimum atomic E-state index is -0.731. The summed E-state index contributed by atoms with van der Waals surface area (Å²) in [5.74, 6) is -1.40. The molecule has 0 fully saturated rings. The van der Waals surface area contributed by atoms with E-state index in [1.165, 1.54) is 22.9 Å². The lowest BCUT2D eigenvalue weighted by molar-refractivity contribution is 0.280. The van der Waals surface area contributed by atoms with Crippen molar-refractivity contribution in [1.82, 2.24) is 4.57 Å². The normalized spacial score (nSPS) is 10.7. The van der Waals surface area contributed by atoms with E-state index in [0.29, 0.717) is 5.69 Å². The van der Waals surface area contributed by atoms with E-state index in [1.54, 1.807) is 6.92 Å². The smallest absolute Gasteiger partial charge is 0.187 e. The third-order valence-electron chi connectivity index (χ3n) is 2.66. The van der Waals surface area contributed by atoms with Gasteiger partial charge in [-0.05, 0) is 19.1 Å². The number of benzene rings is 1. The number of aryl methyl sites for hydroxylation is 1. The van der Waals surface area contributed by atoms with E-state index in [1.807, 2.05) is 0 Å². The minimum absolute atomic E-state index is 0.128. The van der Waals surface area contributed by atoms with E-state index in [9.17, 15) is 13.6 Å². The van der Waals surface area contributed by atoms with Gasteiger partial charge in [0.1, 0.15) is 11.6 Å². The molecule has 0 spiro atoms. The number of hydrogen-bond acceptors (Lipinski definition) is 2. The lowest BCUT2D eigenvalue weighted by atomic mass is 10.2. The Balaban J connectivity index is 2.67. The summed E-state index contributed by atoms with van der Waals surface area (Å²) < 4.78 is 27.9. The van der Waals surface area contributed by atoms with Crippen LogP contribution in [0.2, 0.25) is 0 Å². The first-order chi connectivity index (χ1) is 8.52. The Bertz CT molecular complexity index is 650. The number of pyridine rings is 1. The van der Waals surface area contributed by atoms with Crippen molar-refractivity contribution in [3.63, 3.8) is 0 Å². The third-order valence-corrected chi connectivity index (χ3v) is 2.66. The molecule has 2 rings (SSSR count). The predicted octanol–water partition coefficient (Wildman–Crippen LogP) is 1.92. The van der Waals surface area contributed by atoms with Crippen molar-refractivity contribution in [2.24, 2.45) is 0 Å². The van der Waals surface area contributed by atoms with Crippen LogP contribution < -0.4 is 5.43 Å². The van der Waals surface area contributed by atoms with Gasteiger partial charge in [-0.25, -0.2) is 8.78 Å². The van der Waals surface area contributed by atoms with Gasteiger partial charge in [0.05, 0.1) is 12.3 Å². The van der Waals surface area contributed by atoms with Crippen molar-refractivity contribution in [2.45, 2.75) is 13.5 Å². The Morgan fingerprint density at radius 2 is 2.00 bits per heavy atom. The van der Waals surface area contributed by atoms with Gasteiger partial charge in [-0.1, -0.05) is 0 Å². The molecule has 0 aliphatic rings. The van der Waals surface area contributed by atoms with E-state index < -0.39 is 18.2 Å². The number of aliphatic hydroxyl groups excluding tert-OH is 1. The zero-order chi connectivity index (χ0) is 13.3. The zero-order valence-corrected chi connectivity index (χ0v) is 9.65. The zero-order valence-electron chi connectivity index (χ0n) is 9.65. The molecule has 0 aliphatic carbocycles. The van der Waals surface area contributed by atoms with Crippen molar-refractivity contribution in [2.75, 3.05) is 0 Å². The second-order valence-electron chi connectivity index (χ2n) is 3.93. The lowest BCUT2D eigenvalue weighted by Gasteiger charge is -2.12. The first kappa shape index (κ1) is 12.4. The first-order valence-electron chi connectivity index (χ1n) is 5.31. The fourth-order valence-corrected chi connectivity index (χ4v) is 1.73. The van der Waals surface area contributed by atoms with Crippen LogP contribution in [0.5, 0.6) is 0 Å². The molecule has 5 heteroatoms. The predicted molar refractivity (Wildman–Crippen MR) is 62.6 cm³/mol. The van der Waals surface area contributed by atoms with Crippen LogP contribution >= 0.6 is 0 Å². The van der Waals surface area contributed by atoms with E-state index in [-0.39, 0.29) is 16.7 Å². The number of nitrogens with zero attached hydrogens (tertiary/aromatic N) is 1. The molecule has 1 heterocycles. The molecule has 1 N–H and O–H groups in total. The fourth-order valence-electron chi connectivity index (χ4n) is 1.73. The highest BCUT2D eigenvalue weighted by Crippen LogP contribution is 2.16. The molecule has 1 aromatic heterocycles. The summed E-state index contributed by atoms with van der Waals surface area (Å²) in [6.07, 6.45) is 1.36. The number of aromatic nitrogens is 1. The van der Waals surface area contributed by atoms with Crippen molar-refractivity contribution in [3.8, 4) is 5.69 Å². The summed E-state index contributed by atoms with van der Waals surface area (Å²) in [6.45, 7) is 1.20. The molecule has 0 radical (unpaired) electrons. The molecule has 2 aromatic rings. The standard InChI is InChI=1S/C13H11F2NO2/c1-8-4-13(18)9(7-17)6-16(8)12-3-2-10(14)5-11(12)15/h2-6,17H,7H2,1H3. The maximum Gasteiger partial charge on any atom is 0.187 e. The molecular weight excluding hydrogens is 240 g/mol. The molecule has 0 atom stereocenters. The Morgan fingerprint density at radius 3 is 2.61 bits per heavy atom. The Hall–Kier alpha value is -2.01. The summed E-state index contributed by atoms with van der Waals surface area (Å²) >= 11 is 0. The second-order valence-corrected chi connectivity index (χ2v) is 3.93. The van der Waals surface area contributed by atoms with E-state index in [0.717, 1.165) is 12.1 Å².